The third-order valence-corrected chi connectivity index (χ3v) is 8.31. The first-order valence-electron chi connectivity index (χ1n) is 9.42. The molecule has 0 N–H and O–H groups in total. The first-order valence-corrected chi connectivity index (χ1v) is 9.42. The van der Waals surface area contributed by atoms with E-state index in [2.05, 4.69) is 32.9 Å². The van der Waals surface area contributed by atoms with Crippen molar-refractivity contribution in [1.82, 2.24) is 0 Å². The lowest BCUT2D eigenvalue weighted by Crippen LogP contribution is -2.55. The van der Waals surface area contributed by atoms with Gasteiger partial charge in [0.25, 0.3) is 0 Å². The van der Waals surface area contributed by atoms with Gasteiger partial charge in [-0.15, -0.1) is 0 Å². The molecule has 5 aliphatic carbocycles. The number of carbonyl (C=O) groups is 1. The molecule has 0 aromatic heterocycles. The van der Waals surface area contributed by atoms with Gasteiger partial charge in [0.15, 0.2) is 0 Å². The third kappa shape index (κ3) is 1.61. The summed E-state index contributed by atoms with van der Waals surface area (Å²) in [6, 6.07) is 0. The minimum Gasteiger partial charge on any atom is -0.299 e. The van der Waals surface area contributed by atoms with Crippen molar-refractivity contribution in [2.75, 3.05) is 0 Å². The zero-order valence-corrected chi connectivity index (χ0v) is 14.4. The molecular weight excluding hydrogens is 287 g/mol. The molecule has 0 aliphatic heterocycles. The normalized spacial score (nSPS) is 56.8. The van der Waals surface area contributed by atoms with E-state index < -0.39 is 6.17 Å². The number of rotatable bonds is 0. The molecular formula is C21H27FO. The van der Waals surface area contributed by atoms with E-state index >= 15 is 4.39 Å². The van der Waals surface area contributed by atoms with E-state index in [1.54, 1.807) is 0 Å². The molecule has 0 aromatic carbocycles. The smallest absolute Gasteiger partial charge is 0.142 e. The fraction of sp³-hybridized carbons (Fsp3) is 0.762. The molecule has 5 rings (SSSR count). The highest BCUT2D eigenvalue weighted by molar-refractivity contribution is 5.93. The second-order valence-electron chi connectivity index (χ2n) is 9.53. The molecule has 5 aliphatic rings. The summed E-state index contributed by atoms with van der Waals surface area (Å²) in [5, 5.41) is 0. The molecule has 0 amide bonds. The Hall–Kier alpha value is -0.920. The zero-order valence-electron chi connectivity index (χ0n) is 14.4. The number of Topliss-reactive ketones (excluding diaryl/α,β-unsaturated/α-hetero) is 1. The predicted octanol–water partition coefficient (Wildman–Crippen LogP) is 4.88. The average Bonchev–Trinajstić information content (AvgIpc) is 3.22. The van der Waals surface area contributed by atoms with Crippen molar-refractivity contribution in [3.63, 3.8) is 0 Å². The van der Waals surface area contributed by atoms with E-state index in [9.17, 15) is 4.79 Å². The van der Waals surface area contributed by atoms with Crippen LogP contribution in [0, 0.1) is 40.4 Å². The fourth-order valence-electron chi connectivity index (χ4n) is 7.21. The summed E-state index contributed by atoms with van der Waals surface area (Å²) >= 11 is 0. The molecule has 2 heteroatoms. The van der Waals surface area contributed by atoms with Crippen LogP contribution in [0.4, 0.5) is 4.39 Å². The summed E-state index contributed by atoms with van der Waals surface area (Å²) < 4.78 is 15.4. The van der Waals surface area contributed by atoms with Gasteiger partial charge in [-0.1, -0.05) is 31.6 Å². The van der Waals surface area contributed by atoms with E-state index in [1.165, 1.54) is 11.1 Å². The Morgan fingerprint density at radius 2 is 1.96 bits per heavy atom. The number of halogens is 1. The third-order valence-electron chi connectivity index (χ3n) is 8.31. The standard InChI is InChI=1S/C21H27FO/c1-11-6-7-20(2)12(8-11)4-5-13-17-14-9-15(14)19(23)21(17,3)10-16(22)18(13)20/h4,8,13-18H,5-7,9-10H2,1-3H3/t13?,14-,15+,16?,17?,18?,20+,21+/m1/s1. The molecule has 8 atom stereocenters. The SMILES string of the molecule is CC1=CC2=CCC3C(C(F)C[C@]4(C)C(=O)[C@H]5C[C@H]5C34)[C@@]2(C)CC1. The summed E-state index contributed by atoms with van der Waals surface area (Å²) in [5.41, 5.74) is 2.43. The molecule has 0 radical (unpaired) electrons. The van der Waals surface area contributed by atoms with Crippen LogP contribution in [0.3, 0.4) is 0 Å². The monoisotopic (exact) mass is 314 g/mol. The van der Waals surface area contributed by atoms with Crippen LogP contribution in [0.25, 0.3) is 0 Å². The topological polar surface area (TPSA) is 17.1 Å². The molecule has 0 saturated heterocycles. The lowest BCUT2D eigenvalue weighted by atomic mass is 9.47. The highest BCUT2D eigenvalue weighted by Crippen LogP contribution is 2.71. The summed E-state index contributed by atoms with van der Waals surface area (Å²) in [5.74, 6) is 2.20. The molecule has 0 aromatic rings. The fourth-order valence-corrected chi connectivity index (χ4v) is 7.21. The van der Waals surface area contributed by atoms with Gasteiger partial charge in [-0.2, -0.15) is 0 Å². The number of hydrogen-bond donors (Lipinski definition) is 0. The van der Waals surface area contributed by atoms with Crippen LogP contribution in [0.1, 0.15) is 52.9 Å². The summed E-state index contributed by atoms with van der Waals surface area (Å²) in [6.45, 7) is 6.58. The highest BCUT2D eigenvalue weighted by atomic mass is 19.1. The second-order valence-corrected chi connectivity index (χ2v) is 9.53. The Kier molecular flexibility index (Phi) is 2.62. The predicted molar refractivity (Wildman–Crippen MR) is 88.5 cm³/mol. The molecule has 0 heterocycles. The molecule has 0 bridgehead atoms. The Labute approximate surface area is 138 Å². The Morgan fingerprint density at radius 1 is 1.17 bits per heavy atom. The van der Waals surface area contributed by atoms with Crippen molar-refractivity contribution < 1.29 is 9.18 Å². The van der Waals surface area contributed by atoms with E-state index in [-0.39, 0.29) is 22.7 Å². The van der Waals surface area contributed by atoms with Gasteiger partial charge in [0, 0.05) is 17.3 Å². The van der Waals surface area contributed by atoms with Gasteiger partial charge >= 0.3 is 0 Å². The molecule has 1 nitrogen and oxygen atoms in total. The zero-order chi connectivity index (χ0) is 16.1. The van der Waals surface area contributed by atoms with Crippen molar-refractivity contribution in [3.8, 4) is 0 Å². The van der Waals surface area contributed by atoms with Crippen molar-refractivity contribution in [2.45, 2.75) is 59.0 Å². The Morgan fingerprint density at radius 3 is 2.74 bits per heavy atom. The quantitative estimate of drug-likeness (QED) is 0.623. The van der Waals surface area contributed by atoms with Crippen LogP contribution in [0.2, 0.25) is 0 Å². The van der Waals surface area contributed by atoms with Crippen molar-refractivity contribution in [3.05, 3.63) is 23.3 Å². The van der Waals surface area contributed by atoms with Gasteiger partial charge in [-0.25, -0.2) is 4.39 Å². The molecule has 124 valence electrons. The molecule has 0 spiro atoms. The minimum atomic E-state index is -0.816. The van der Waals surface area contributed by atoms with E-state index in [0.717, 1.165) is 25.7 Å². The van der Waals surface area contributed by atoms with Crippen molar-refractivity contribution in [1.29, 1.82) is 0 Å². The molecule has 3 saturated carbocycles. The maximum absolute atomic E-state index is 15.4. The van der Waals surface area contributed by atoms with Crippen LogP contribution in [0.5, 0.6) is 0 Å². The van der Waals surface area contributed by atoms with E-state index in [1.807, 2.05) is 0 Å². The van der Waals surface area contributed by atoms with Gasteiger partial charge in [-0.05, 0) is 67.8 Å². The van der Waals surface area contributed by atoms with Crippen molar-refractivity contribution in [2.24, 2.45) is 40.4 Å². The number of allylic oxidation sites excluding steroid dienone is 4. The van der Waals surface area contributed by atoms with Crippen molar-refractivity contribution >= 4 is 5.78 Å². The number of ketones is 1. The van der Waals surface area contributed by atoms with Gasteiger partial charge in [0.05, 0.1) is 0 Å². The molecule has 23 heavy (non-hydrogen) atoms. The lowest BCUT2D eigenvalue weighted by molar-refractivity contribution is -0.141. The first kappa shape index (κ1) is 14.4. The van der Waals surface area contributed by atoms with Gasteiger partial charge in [0.2, 0.25) is 0 Å². The maximum Gasteiger partial charge on any atom is 0.142 e. The van der Waals surface area contributed by atoms with Gasteiger partial charge in [0.1, 0.15) is 12.0 Å². The Bertz CT molecular complexity index is 661. The van der Waals surface area contributed by atoms with Gasteiger partial charge < -0.3 is 0 Å². The second kappa shape index (κ2) is 4.18. The van der Waals surface area contributed by atoms with Gasteiger partial charge in [-0.3, -0.25) is 4.79 Å². The largest absolute Gasteiger partial charge is 0.299 e. The minimum absolute atomic E-state index is 0.0147. The summed E-state index contributed by atoms with van der Waals surface area (Å²) in [4.78, 5) is 12.7. The number of carbonyl (C=O) groups excluding carboxylic acids is 1. The first-order chi connectivity index (χ1) is 10.9. The number of fused-ring (bicyclic) bond motifs is 7. The highest BCUT2D eigenvalue weighted by Gasteiger charge is 2.71. The lowest BCUT2D eigenvalue weighted by Gasteiger charge is -2.57. The molecule has 4 unspecified atom stereocenters. The summed E-state index contributed by atoms with van der Waals surface area (Å²) in [7, 11) is 0. The van der Waals surface area contributed by atoms with Crippen LogP contribution in [-0.2, 0) is 4.79 Å². The van der Waals surface area contributed by atoms with E-state index in [4.69, 9.17) is 0 Å². The molecule has 3 fully saturated rings. The van der Waals surface area contributed by atoms with Crippen LogP contribution >= 0.6 is 0 Å². The van der Waals surface area contributed by atoms with Crippen LogP contribution < -0.4 is 0 Å². The van der Waals surface area contributed by atoms with Crippen LogP contribution in [0.15, 0.2) is 23.3 Å². The maximum atomic E-state index is 15.4. The van der Waals surface area contributed by atoms with Crippen LogP contribution in [-0.4, -0.2) is 12.0 Å². The number of hydrogen-bond acceptors (Lipinski definition) is 1. The Balaban J connectivity index is 1.61. The van der Waals surface area contributed by atoms with E-state index in [0.29, 0.717) is 30.0 Å². The number of alkyl halides is 1. The summed E-state index contributed by atoms with van der Waals surface area (Å²) in [6.07, 6.45) is 8.62. The average molecular weight is 314 g/mol.